The molecule has 0 amide bonds. The van der Waals surface area contributed by atoms with Crippen molar-refractivity contribution in [2.75, 3.05) is 18.0 Å². The zero-order valence-electron chi connectivity index (χ0n) is 12.3. The van der Waals surface area contributed by atoms with Crippen LogP contribution in [0.5, 0.6) is 0 Å². The van der Waals surface area contributed by atoms with Gasteiger partial charge < -0.3 is 10.0 Å². The Morgan fingerprint density at radius 3 is 2.52 bits per heavy atom. The first-order valence-corrected chi connectivity index (χ1v) is 7.13. The quantitative estimate of drug-likeness (QED) is 0.680. The third-order valence-electron chi connectivity index (χ3n) is 4.58. The third-order valence-corrected chi connectivity index (χ3v) is 4.58. The molecular weight excluding hydrogens is 272 g/mol. The summed E-state index contributed by atoms with van der Waals surface area (Å²) in [7, 11) is 0. The van der Waals surface area contributed by atoms with Crippen LogP contribution in [-0.4, -0.2) is 29.1 Å². The number of hydrogen-bond acceptors (Lipinski definition) is 4. The van der Waals surface area contributed by atoms with Crippen LogP contribution in [0, 0.1) is 15.5 Å². The zero-order chi connectivity index (χ0) is 15.6. The van der Waals surface area contributed by atoms with Crippen LogP contribution in [0.4, 0.5) is 11.4 Å². The number of nitro groups is 1. The van der Waals surface area contributed by atoms with Crippen molar-refractivity contribution in [1.82, 2.24) is 0 Å². The SMILES string of the molecule is CCC1(C)CCN(c2c(C(=O)O)cccc2[N+](=O)[O-])CC1. The predicted octanol–water partition coefficient (Wildman–Crippen LogP) is 3.31. The molecule has 0 aromatic heterocycles. The van der Waals surface area contributed by atoms with Crippen LogP contribution in [0.2, 0.25) is 0 Å². The summed E-state index contributed by atoms with van der Waals surface area (Å²) < 4.78 is 0. The first kappa shape index (κ1) is 15.3. The summed E-state index contributed by atoms with van der Waals surface area (Å²) in [6, 6.07) is 4.22. The number of piperidine rings is 1. The largest absolute Gasteiger partial charge is 0.478 e. The van der Waals surface area contributed by atoms with Crippen LogP contribution in [0.3, 0.4) is 0 Å². The van der Waals surface area contributed by atoms with Gasteiger partial charge in [-0.15, -0.1) is 0 Å². The van der Waals surface area contributed by atoms with Crippen molar-refractivity contribution in [3.63, 3.8) is 0 Å². The van der Waals surface area contributed by atoms with E-state index in [0.29, 0.717) is 13.1 Å². The standard InChI is InChI=1S/C15H20N2O4/c1-3-15(2)7-9-16(10-8-15)13-11(14(18)19)5-4-6-12(13)17(20)21/h4-6H,3,7-10H2,1-2H3,(H,18,19). The maximum absolute atomic E-state index is 11.4. The molecule has 0 spiro atoms. The lowest BCUT2D eigenvalue weighted by molar-refractivity contribution is -0.384. The van der Waals surface area contributed by atoms with Crippen LogP contribution in [0.25, 0.3) is 0 Å². The van der Waals surface area contributed by atoms with Gasteiger partial charge in [0, 0.05) is 19.2 Å². The van der Waals surface area contributed by atoms with Crippen molar-refractivity contribution in [2.24, 2.45) is 5.41 Å². The molecule has 1 aliphatic heterocycles. The van der Waals surface area contributed by atoms with Gasteiger partial charge in [0.1, 0.15) is 5.69 Å². The topological polar surface area (TPSA) is 83.7 Å². The Bertz CT molecular complexity index is 531. The number of rotatable bonds is 4. The molecule has 0 radical (unpaired) electrons. The molecule has 1 aromatic carbocycles. The Labute approximate surface area is 123 Å². The highest BCUT2D eigenvalue weighted by Gasteiger charge is 2.33. The molecule has 6 heteroatoms. The minimum Gasteiger partial charge on any atom is -0.478 e. The fourth-order valence-electron chi connectivity index (χ4n) is 2.81. The lowest BCUT2D eigenvalue weighted by Gasteiger charge is -2.40. The van der Waals surface area contributed by atoms with Crippen molar-refractivity contribution in [3.05, 3.63) is 33.9 Å². The smallest absolute Gasteiger partial charge is 0.338 e. The number of carbonyl (C=O) groups is 1. The summed E-state index contributed by atoms with van der Waals surface area (Å²) in [4.78, 5) is 23.9. The number of carboxylic acid groups (broad SMARTS) is 1. The van der Waals surface area contributed by atoms with Gasteiger partial charge in [0.2, 0.25) is 0 Å². The Balaban J connectivity index is 2.39. The molecule has 1 N–H and O–H groups in total. The van der Waals surface area contributed by atoms with Gasteiger partial charge in [-0.25, -0.2) is 4.79 Å². The van der Waals surface area contributed by atoms with Gasteiger partial charge in [-0.1, -0.05) is 26.3 Å². The van der Waals surface area contributed by atoms with E-state index in [-0.39, 0.29) is 22.4 Å². The number of nitro benzene ring substituents is 1. The number of aromatic carboxylic acids is 1. The monoisotopic (exact) mass is 292 g/mol. The van der Waals surface area contributed by atoms with Gasteiger partial charge in [0.15, 0.2) is 0 Å². The second-order valence-corrected chi connectivity index (χ2v) is 5.89. The maximum Gasteiger partial charge on any atom is 0.338 e. The van der Waals surface area contributed by atoms with Gasteiger partial charge in [-0.05, 0) is 24.3 Å². The summed E-state index contributed by atoms with van der Waals surface area (Å²) in [5.74, 6) is -1.13. The average Bonchev–Trinajstić information content (AvgIpc) is 2.47. The van der Waals surface area contributed by atoms with E-state index in [1.807, 2.05) is 4.90 Å². The number of benzene rings is 1. The Morgan fingerprint density at radius 2 is 2.05 bits per heavy atom. The van der Waals surface area contributed by atoms with Crippen LogP contribution in [0.15, 0.2) is 18.2 Å². The number of nitrogens with zero attached hydrogens (tertiary/aromatic N) is 2. The van der Waals surface area contributed by atoms with Crippen molar-refractivity contribution in [3.8, 4) is 0 Å². The summed E-state index contributed by atoms with van der Waals surface area (Å²) >= 11 is 0. The normalized spacial score (nSPS) is 17.5. The maximum atomic E-state index is 11.4. The highest BCUT2D eigenvalue weighted by molar-refractivity contribution is 5.97. The molecule has 1 fully saturated rings. The minimum absolute atomic E-state index is 0.00398. The van der Waals surface area contributed by atoms with E-state index in [4.69, 9.17) is 0 Å². The van der Waals surface area contributed by atoms with E-state index < -0.39 is 10.9 Å². The molecule has 0 bridgehead atoms. The molecule has 114 valence electrons. The molecule has 21 heavy (non-hydrogen) atoms. The number of hydrogen-bond donors (Lipinski definition) is 1. The molecule has 1 aliphatic rings. The molecule has 0 atom stereocenters. The van der Waals surface area contributed by atoms with Crippen molar-refractivity contribution in [1.29, 1.82) is 0 Å². The molecule has 1 saturated heterocycles. The van der Waals surface area contributed by atoms with E-state index in [1.54, 1.807) is 0 Å². The Kier molecular flexibility index (Phi) is 4.16. The van der Waals surface area contributed by atoms with Gasteiger partial charge in [0.25, 0.3) is 5.69 Å². The van der Waals surface area contributed by atoms with Gasteiger partial charge in [-0.3, -0.25) is 10.1 Å². The number of para-hydroxylation sites is 1. The first-order chi connectivity index (χ1) is 9.88. The van der Waals surface area contributed by atoms with E-state index >= 15 is 0 Å². The van der Waals surface area contributed by atoms with E-state index in [0.717, 1.165) is 19.3 Å². The van der Waals surface area contributed by atoms with Crippen LogP contribution >= 0.6 is 0 Å². The average molecular weight is 292 g/mol. The fourth-order valence-corrected chi connectivity index (χ4v) is 2.81. The van der Waals surface area contributed by atoms with Gasteiger partial charge in [-0.2, -0.15) is 0 Å². The van der Waals surface area contributed by atoms with Crippen molar-refractivity contribution >= 4 is 17.3 Å². The highest BCUT2D eigenvalue weighted by Crippen LogP contribution is 2.39. The fraction of sp³-hybridized carbons (Fsp3) is 0.533. The second-order valence-electron chi connectivity index (χ2n) is 5.89. The molecule has 0 unspecified atom stereocenters. The molecule has 2 rings (SSSR count). The summed E-state index contributed by atoms with van der Waals surface area (Å²) in [6.07, 6.45) is 2.88. The molecule has 1 aromatic rings. The van der Waals surface area contributed by atoms with Gasteiger partial charge >= 0.3 is 5.97 Å². The molecule has 0 saturated carbocycles. The molecular formula is C15H20N2O4. The van der Waals surface area contributed by atoms with E-state index in [1.165, 1.54) is 18.2 Å². The van der Waals surface area contributed by atoms with Crippen molar-refractivity contribution in [2.45, 2.75) is 33.1 Å². The molecule has 1 heterocycles. The lowest BCUT2D eigenvalue weighted by atomic mass is 9.78. The minimum atomic E-state index is -1.13. The van der Waals surface area contributed by atoms with Gasteiger partial charge in [0.05, 0.1) is 10.5 Å². The summed E-state index contributed by atoms with van der Waals surface area (Å²) in [6.45, 7) is 5.65. The predicted molar refractivity (Wildman–Crippen MR) is 79.9 cm³/mol. The Hall–Kier alpha value is -2.11. The Morgan fingerprint density at radius 1 is 1.43 bits per heavy atom. The first-order valence-electron chi connectivity index (χ1n) is 7.13. The van der Waals surface area contributed by atoms with Crippen molar-refractivity contribution < 1.29 is 14.8 Å². The van der Waals surface area contributed by atoms with Crippen LogP contribution < -0.4 is 4.90 Å². The van der Waals surface area contributed by atoms with Crippen LogP contribution in [0.1, 0.15) is 43.5 Å². The highest BCUT2D eigenvalue weighted by atomic mass is 16.6. The lowest BCUT2D eigenvalue weighted by Crippen LogP contribution is -2.39. The van der Waals surface area contributed by atoms with Crippen LogP contribution in [-0.2, 0) is 0 Å². The number of carboxylic acids is 1. The zero-order valence-corrected chi connectivity index (χ0v) is 12.3. The summed E-state index contributed by atoms with van der Waals surface area (Å²) in [5, 5.41) is 20.5. The number of anilines is 1. The third kappa shape index (κ3) is 2.99. The van der Waals surface area contributed by atoms with E-state index in [2.05, 4.69) is 13.8 Å². The molecule has 6 nitrogen and oxygen atoms in total. The summed E-state index contributed by atoms with van der Waals surface area (Å²) in [5.41, 5.74) is 0.358. The molecule has 0 aliphatic carbocycles. The van der Waals surface area contributed by atoms with E-state index in [9.17, 15) is 20.0 Å². The second kappa shape index (κ2) is 5.71.